The summed E-state index contributed by atoms with van der Waals surface area (Å²) in [7, 11) is 0. The van der Waals surface area contributed by atoms with E-state index in [0.717, 1.165) is 6.07 Å². The van der Waals surface area contributed by atoms with Crippen molar-refractivity contribution in [3.63, 3.8) is 0 Å². The molecule has 0 spiro atoms. The summed E-state index contributed by atoms with van der Waals surface area (Å²) < 4.78 is 5.04. The highest BCUT2D eigenvalue weighted by molar-refractivity contribution is 6.05. The number of benzene rings is 2. The number of hydrogen-bond acceptors (Lipinski definition) is 6. The molecule has 0 aliphatic heterocycles. The Morgan fingerprint density at radius 1 is 0.897 bits per heavy atom. The van der Waals surface area contributed by atoms with E-state index in [-0.39, 0.29) is 23.6 Å². The Morgan fingerprint density at radius 2 is 1.41 bits per heavy atom. The van der Waals surface area contributed by atoms with E-state index in [2.05, 4.69) is 16.0 Å². The van der Waals surface area contributed by atoms with Gasteiger partial charge in [-0.15, -0.1) is 0 Å². The van der Waals surface area contributed by atoms with Crippen LogP contribution < -0.4 is 16.0 Å². The van der Waals surface area contributed by atoms with Crippen LogP contribution in [0, 0.1) is 0 Å². The molecular formula is C20H23N3O6. The van der Waals surface area contributed by atoms with Crippen LogP contribution in [0.4, 0.5) is 16.2 Å². The van der Waals surface area contributed by atoms with Crippen LogP contribution in [-0.4, -0.2) is 40.3 Å². The Bertz CT molecular complexity index is 883. The molecule has 0 aliphatic carbocycles. The van der Waals surface area contributed by atoms with Gasteiger partial charge in [-0.2, -0.15) is 0 Å². The molecule has 3 amide bonds. The van der Waals surface area contributed by atoms with Crippen LogP contribution >= 0.6 is 0 Å². The average Bonchev–Trinajstić information content (AvgIpc) is 2.59. The lowest BCUT2D eigenvalue weighted by Crippen LogP contribution is -2.37. The summed E-state index contributed by atoms with van der Waals surface area (Å²) in [6.07, 6.45) is -0.691. The number of nitrogens with one attached hydrogen (secondary N) is 3. The van der Waals surface area contributed by atoms with Crippen LogP contribution in [0.15, 0.2) is 42.5 Å². The quantitative estimate of drug-likeness (QED) is 0.522. The molecule has 0 aliphatic rings. The lowest BCUT2D eigenvalue weighted by atomic mass is 10.2. The van der Waals surface area contributed by atoms with Gasteiger partial charge in [0.1, 0.15) is 23.6 Å². The predicted octanol–water partition coefficient (Wildman–Crippen LogP) is 2.81. The highest BCUT2D eigenvalue weighted by atomic mass is 16.6. The Labute approximate surface area is 167 Å². The van der Waals surface area contributed by atoms with Crippen molar-refractivity contribution in [1.82, 2.24) is 5.32 Å². The number of carbonyl (C=O) groups excluding carboxylic acids is 3. The lowest BCUT2D eigenvalue weighted by Gasteiger charge is -2.19. The fourth-order valence-corrected chi connectivity index (χ4v) is 2.24. The van der Waals surface area contributed by atoms with Crippen molar-refractivity contribution >= 4 is 29.3 Å². The minimum absolute atomic E-state index is 0.0908. The molecule has 0 unspecified atom stereocenters. The molecule has 0 aromatic heterocycles. The molecule has 2 rings (SSSR count). The second-order valence-electron chi connectivity index (χ2n) is 7.17. The van der Waals surface area contributed by atoms with Gasteiger partial charge in [0.25, 0.3) is 5.91 Å². The number of anilines is 2. The second-order valence-corrected chi connectivity index (χ2v) is 7.17. The lowest BCUT2D eigenvalue weighted by molar-refractivity contribution is -0.115. The third-order valence-electron chi connectivity index (χ3n) is 3.38. The van der Waals surface area contributed by atoms with Gasteiger partial charge in [0.05, 0.1) is 0 Å². The van der Waals surface area contributed by atoms with Crippen LogP contribution in [0.2, 0.25) is 0 Å². The fourth-order valence-electron chi connectivity index (χ4n) is 2.24. The van der Waals surface area contributed by atoms with Crippen molar-refractivity contribution in [2.45, 2.75) is 26.4 Å². The van der Waals surface area contributed by atoms with Gasteiger partial charge in [0, 0.05) is 23.0 Å². The molecule has 2 aromatic rings. The first-order chi connectivity index (χ1) is 13.5. The smallest absolute Gasteiger partial charge is 0.408 e. The van der Waals surface area contributed by atoms with Gasteiger partial charge in [-0.1, -0.05) is 0 Å². The van der Waals surface area contributed by atoms with Gasteiger partial charge in [-0.05, 0) is 57.2 Å². The van der Waals surface area contributed by atoms with E-state index in [1.165, 1.54) is 12.1 Å². The Morgan fingerprint density at radius 3 is 1.93 bits per heavy atom. The number of ether oxygens (including phenoxy) is 1. The summed E-state index contributed by atoms with van der Waals surface area (Å²) in [6, 6.07) is 9.84. The summed E-state index contributed by atoms with van der Waals surface area (Å²) in [5.74, 6) is -1.42. The maximum Gasteiger partial charge on any atom is 0.408 e. The first-order valence-corrected chi connectivity index (χ1v) is 8.73. The molecule has 9 nitrogen and oxygen atoms in total. The summed E-state index contributed by atoms with van der Waals surface area (Å²) in [4.78, 5) is 35.6. The molecule has 0 fully saturated rings. The van der Waals surface area contributed by atoms with Gasteiger partial charge in [0.15, 0.2) is 0 Å². The SMILES string of the molecule is CC(C)(C)OC(=O)NCC(=O)Nc1ccc(NC(=O)c2cc(O)cc(O)c2)cc1. The molecule has 29 heavy (non-hydrogen) atoms. The Kier molecular flexibility index (Phi) is 6.66. The van der Waals surface area contributed by atoms with Crippen molar-refractivity contribution < 1.29 is 29.3 Å². The van der Waals surface area contributed by atoms with E-state index in [0.29, 0.717) is 11.4 Å². The third-order valence-corrected chi connectivity index (χ3v) is 3.38. The van der Waals surface area contributed by atoms with Crippen molar-refractivity contribution in [3.8, 4) is 11.5 Å². The maximum atomic E-state index is 12.2. The molecule has 0 heterocycles. The fraction of sp³-hybridized carbons (Fsp3) is 0.250. The minimum atomic E-state index is -0.691. The van der Waals surface area contributed by atoms with Crippen LogP contribution in [-0.2, 0) is 9.53 Å². The zero-order chi connectivity index (χ0) is 21.6. The number of carbonyl (C=O) groups is 3. The van der Waals surface area contributed by atoms with Gasteiger partial charge < -0.3 is 30.9 Å². The first kappa shape index (κ1) is 21.5. The van der Waals surface area contributed by atoms with Crippen molar-refractivity contribution in [2.24, 2.45) is 0 Å². The minimum Gasteiger partial charge on any atom is -0.508 e. The molecule has 0 saturated heterocycles. The number of hydrogen-bond donors (Lipinski definition) is 5. The topological polar surface area (TPSA) is 137 Å². The van der Waals surface area contributed by atoms with Crippen molar-refractivity contribution in [2.75, 3.05) is 17.2 Å². The molecule has 5 N–H and O–H groups in total. The van der Waals surface area contributed by atoms with Crippen LogP contribution in [0.25, 0.3) is 0 Å². The maximum absolute atomic E-state index is 12.2. The molecule has 0 bridgehead atoms. The third kappa shape index (κ3) is 7.41. The van der Waals surface area contributed by atoms with E-state index in [1.54, 1.807) is 45.0 Å². The summed E-state index contributed by atoms with van der Waals surface area (Å²) >= 11 is 0. The predicted molar refractivity (Wildman–Crippen MR) is 107 cm³/mol. The largest absolute Gasteiger partial charge is 0.508 e. The van der Waals surface area contributed by atoms with E-state index in [4.69, 9.17) is 4.74 Å². The van der Waals surface area contributed by atoms with Crippen LogP contribution in [0.3, 0.4) is 0 Å². The summed E-state index contributed by atoms with van der Waals surface area (Å²) in [6.45, 7) is 4.90. The monoisotopic (exact) mass is 401 g/mol. The van der Waals surface area contributed by atoms with E-state index >= 15 is 0 Å². The molecule has 0 saturated carbocycles. The molecule has 2 aromatic carbocycles. The number of phenolic OH excluding ortho intramolecular Hbond substituents is 2. The number of rotatable bonds is 5. The van der Waals surface area contributed by atoms with Gasteiger partial charge in [0.2, 0.25) is 5.91 Å². The molecule has 9 heteroatoms. The van der Waals surface area contributed by atoms with Crippen molar-refractivity contribution in [1.29, 1.82) is 0 Å². The van der Waals surface area contributed by atoms with E-state index < -0.39 is 23.5 Å². The van der Waals surface area contributed by atoms with Gasteiger partial charge in [-0.3, -0.25) is 9.59 Å². The molecule has 0 atom stereocenters. The van der Waals surface area contributed by atoms with Crippen LogP contribution in [0.1, 0.15) is 31.1 Å². The Hall–Kier alpha value is -3.75. The van der Waals surface area contributed by atoms with Gasteiger partial charge >= 0.3 is 6.09 Å². The number of amides is 3. The Balaban J connectivity index is 1.87. The number of alkyl carbamates (subject to hydrolysis) is 1. The highest BCUT2D eigenvalue weighted by Crippen LogP contribution is 2.21. The van der Waals surface area contributed by atoms with Gasteiger partial charge in [-0.25, -0.2) is 4.79 Å². The van der Waals surface area contributed by atoms with E-state index in [9.17, 15) is 24.6 Å². The van der Waals surface area contributed by atoms with E-state index in [1.807, 2.05) is 0 Å². The molecule has 0 radical (unpaired) electrons. The summed E-state index contributed by atoms with van der Waals surface area (Å²) in [5, 5.41) is 26.5. The normalized spacial score (nSPS) is 10.7. The second kappa shape index (κ2) is 8.96. The highest BCUT2D eigenvalue weighted by Gasteiger charge is 2.16. The number of phenols is 2. The molecular weight excluding hydrogens is 378 g/mol. The first-order valence-electron chi connectivity index (χ1n) is 8.73. The zero-order valence-electron chi connectivity index (χ0n) is 16.3. The summed E-state index contributed by atoms with van der Waals surface area (Å²) in [5.41, 5.74) is 0.350. The van der Waals surface area contributed by atoms with Crippen molar-refractivity contribution in [3.05, 3.63) is 48.0 Å². The zero-order valence-corrected chi connectivity index (χ0v) is 16.3. The number of aromatic hydroxyl groups is 2. The molecule has 154 valence electrons. The standard InChI is InChI=1S/C20H23N3O6/c1-20(2,3)29-19(28)21-11-17(26)22-13-4-6-14(7-5-13)23-18(27)12-8-15(24)10-16(25)9-12/h4-10,24-25H,11H2,1-3H3,(H,21,28)(H,22,26)(H,23,27). The van der Waals surface area contributed by atoms with Crippen LogP contribution in [0.5, 0.6) is 11.5 Å². The average molecular weight is 401 g/mol.